The fourth-order valence-corrected chi connectivity index (χ4v) is 3.88. The Labute approximate surface area is 167 Å². The van der Waals surface area contributed by atoms with Gasteiger partial charge in [0.1, 0.15) is 5.75 Å². The van der Waals surface area contributed by atoms with Crippen molar-refractivity contribution in [2.45, 2.75) is 44.2 Å². The molecule has 1 unspecified atom stereocenters. The Morgan fingerprint density at radius 1 is 1.16 bits per heavy atom. The lowest BCUT2D eigenvalue weighted by Crippen LogP contribution is -2.39. The molecule has 1 saturated heterocycles. The predicted molar refractivity (Wildman–Crippen MR) is 112 cm³/mol. The highest BCUT2D eigenvalue weighted by atomic mass is 127. The quantitative estimate of drug-likeness (QED) is 0.416. The number of rotatable bonds is 4. The fourth-order valence-electron chi connectivity index (χ4n) is 3.88. The van der Waals surface area contributed by atoms with Crippen LogP contribution in [0.3, 0.4) is 0 Å². The Balaban J connectivity index is 0.00000182. The predicted octanol–water partition coefficient (Wildman–Crippen LogP) is 2.91. The number of hydrogen-bond acceptors (Lipinski definition) is 3. The van der Waals surface area contributed by atoms with E-state index >= 15 is 0 Å². The van der Waals surface area contributed by atoms with E-state index in [1.165, 1.54) is 44.3 Å². The van der Waals surface area contributed by atoms with Gasteiger partial charge in [0.15, 0.2) is 5.96 Å². The van der Waals surface area contributed by atoms with Crippen molar-refractivity contribution in [2.24, 2.45) is 16.6 Å². The number of guanidine groups is 1. The van der Waals surface area contributed by atoms with Gasteiger partial charge < -0.3 is 20.7 Å². The minimum absolute atomic E-state index is 0. The van der Waals surface area contributed by atoms with E-state index in [1.807, 2.05) is 18.2 Å². The van der Waals surface area contributed by atoms with Crippen LogP contribution >= 0.6 is 24.0 Å². The summed E-state index contributed by atoms with van der Waals surface area (Å²) >= 11 is 0. The highest BCUT2D eigenvalue weighted by Gasteiger charge is 2.31. The van der Waals surface area contributed by atoms with Gasteiger partial charge in [0.2, 0.25) is 0 Å². The molecular weight excluding hydrogens is 427 g/mol. The zero-order valence-electron chi connectivity index (χ0n) is 14.7. The molecule has 4 rings (SSSR count). The SMILES string of the molecule is I.NC(=NCC1CCN(C2CC2)CC1)NC1CCOc2ccccc21. The lowest BCUT2D eigenvalue weighted by Gasteiger charge is -2.31. The number of nitrogens with zero attached hydrogens (tertiary/aromatic N) is 2. The number of fused-ring (bicyclic) bond motifs is 1. The fraction of sp³-hybridized carbons (Fsp3) is 0.632. The number of ether oxygens (including phenoxy) is 1. The molecule has 0 radical (unpaired) electrons. The molecule has 0 spiro atoms. The van der Waals surface area contributed by atoms with Gasteiger partial charge in [0.25, 0.3) is 0 Å². The van der Waals surface area contributed by atoms with Crippen molar-refractivity contribution in [3.63, 3.8) is 0 Å². The number of halogens is 1. The molecule has 3 N–H and O–H groups in total. The average Bonchev–Trinajstić information content (AvgIpc) is 3.46. The van der Waals surface area contributed by atoms with Gasteiger partial charge in [-0.3, -0.25) is 4.99 Å². The van der Waals surface area contributed by atoms with Crippen molar-refractivity contribution in [2.75, 3.05) is 26.2 Å². The molecule has 25 heavy (non-hydrogen) atoms. The summed E-state index contributed by atoms with van der Waals surface area (Å²) in [6.45, 7) is 4.06. The first kappa shape index (κ1) is 18.8. The largest absolute Gasteiger partial charge is 0.493 e. The monoisotopic (exact) mass is 456 g/mol. The molecule has 2 aliphatic heterocycles. The van der Waals surface area contributed by atoms with Gasteiger partial charge in [-0.05, 0) is 50.8 Å². The molecule has 1 aliphatic carbocycles. The number of piperidine rings is 1. The number of nitrogens with one attached hydrogen (secondary N) is 1. The second kappa shape index (κ2) is 8.58. The molecule has 1 aromatic carbocycles. The molecule has 1 saturated carbocycles. The molecule has 3 aliphatic rings. The molecular formula is C19H29IN4O. The molecule has 2 fully saturated rings. The summed E-state index contributed by atoms with van der Waals surface area (Å²) < 4.78 is 5.70. The maximum atomic E-state index is 6.15. The molecule has 0 bridgehead atoms. The molecule has 5 nitrogen and oxygen atoms in total. The number of benzene rings is 1. The maximum Gasteiger partial charge on any atom is 0.189 e. The first-order chi connectivity index (χ1) is 11.8. The first-order valence-electron chi connectivity index (χ1n) is 9.32. The van der Waals surface area contributed by atoms with Crippen LogP contribution in [0.1, 0.15) is 43.7 Å². The highest BCUT2D eigenvalue weighted by Crippen LogP contribution is 2.32. The van der Waals surface area contributed by atoms with Crippen LogP contribution < -0.4 is 15.8 Å². The van der Waals surface area contributed by atoms with Gasteiger partial charge >= 0.3 is 0 Å². The van der Waals surface area contributed by atoms with Crippen LogP contribution in [0, 0.1) is 5.92 Å². The minimum Gasteiger partial charge on any atom is -0.493 e. The number of nitrogens with two attached hydrogens (primary N) is 1. The van der Waals surface area contributed by atoms with E-state index in [9.17, 15) is 0 Å². The van der Waals surface area contributed by atoms with Crippen LogP contribution in [-0.2, 0) is 0 Å². The Morgan fingerprint density at radius 3 is 2.68 bits per heavy atom. The molecule has 1 aromatic rings. The lowest BCUT2D eigenvalue weighted by molar-refractivity contribution is 0.179. The smallest absolute Gasteiger partial charge is 0.189 e. The van der Waals surface area contributed by atoms with Crippen molar-refractivity contribution >= 4 is 29.9 Å². The second-order valence-corrected chi connectivity index (χ2v) is 7.31. The number of para-hydroxylation sites is 1. The van der Waals surface area contributed by atoms with E-state index in [-0.39, 0.29) is 30.0 Å². The van der Waals surface area contributed by atoms with Gasteiger partial charge in [-0.15, -0.1) is 24.0 Å². The van der Waals surface area contributed by atoms with Gasteiger partial charge in [-0.1, -0.05) is 18.2 Å². The number of aliphatic imine (C=N–C) groups is 1. The van der Waals surface area contributed by atoms with E-state index < -0.39 is 0 Å². The van der Waals surface area contributed by atoms with Crippen molar-refractivity contribution in [3.8, 4) is 5.75 Å². The number of hydrogen-bond donors (Lipinski definition) is 2. The zero-order valence-corrected chi connectivity index (χ0v) is 17.0. The van der Waals surface area contributed by atoms with Crippen molar-refractivity contribution in [1.29, 1.82) is 0 Å². The summed E-state index contributed by atoms with van der Waals surface area (Å²) in [6.07, 6.45) is 6.26. The van der Waals surface area contributed by atoms with Crippen LogP contribution in [-0.4, -0.2) is 43.1 Å². The minimum atomic E-state index is 0. The Morgan fingerprint density at radius 2 is 1.92 bits per heavy atom. The summed E-state index contributed by atoms with van der Waals surface area (Å²) in [5.74, 6) is 2.21. The van der Waals surface area contributed by atoms with Crippen molar-refractivity contribution in [3.05, 3.63) is 29.8 Å². The molecule has 138 valence electrons. The molecule has 2 heterocycles. The summed E-state index contributed by atoms with van der Waals surface area (Å²) in [4.78, 5) is 7.28. The van der Waals surface area contributed by atoms with E-state index in [2.05, 4.69) is 21.3 Å². The van der Waals surface area contributed by atoms with Gasteiger partial charge in [-0.2, -0.15) is 0 Å². The summed E-state index contributed by atoms with van der Waals surface area (Å²) in [5.41, 5.74) is 7.33. The topological polar surface area (TPSA) is 62.9 Å². The van der Waals surface area contributed by atoms with Gasteiger partial charge in [0.05, 0.1) is 12.6 Å². The Hall–Kier alpha value is -1.02. The van der Waals surface area contributed by atoms with E-state index in [1.54, 1.807) is 0 Å². The van der Waals surface area contributed by atoms with Gasteiger partial charge in [-0.25, -0.2) is 0 Å². The highest BCUT2D eigenvalue weighted by molar-refractivity contribution is 14.0. The lowest BCUT2D eigenvalue weighted by atomic mass is 9.97. The van der Waals surface area contributed by atoms with E-state index in [4.69, 9.17) is 10.5 Å². The van der Waals surface area contributed by atoms with E-state index in [0.29, 0.717) is 11.9 Å². The summed E-state index contributed by atoms with van der Waals surface area (Å²) in [5, 5.41) is 3.39. The van der Waals surface area contributed by atoms with E-state index in [0.717, 1.165) is 31.4 Å². The third kappa shape index (κ3) is 4.78. The first-order valence-corrected chi connectivity index (χ1v) is 9.32. The second-order valence-electron chi connectivity index (χ2n) is 7.31. The molecule has 6 heteroatoms. The van der Waals surface area contributed by atoms with Crippen LogP contribution in [0.15, 0.2) is 29.3 Å². The normalized spacial score (nSPS) is 24.8. The third-order valence-corrected chi connectivity index (χ3v) is 5.51. The van der Waals surface area contributed by atoms with Crippen LogP contribution in [0.4, 0.5) is 0 Å². The molecule has 1 atom stereocenters. The van der Waals surface area contributed by atoms with Crippen LogP contribution in [0.2, 0.25) is 0 Å². The average molecular weight is 456 g/mol. The van der Waals surface area contributed by atoms with Crippen molar-refractivity contribution < 1.29 is 4.74 Å². The third-order valence-electron chi connectivity index (χ3n) is 5.51. The zero-order chi connectivity index (χ0) is 16.4. The van der Waals surface area contributed by atoms with Crippen molar-refractivity contribution in [1.82, 2.24) is 10.2 Å². The summed E-state index contributed by atoms with van der Waals surface area (Å²) in [7, 11) is 0. The molecule has 0 amide bonds. The standard InChI is InChI=1S/C19H28N4O.HI/c20-19(21-13-14-7-10-23(11-8-14)15-5-6-15)22-17-9-12-24-18-4-2-1-3-16(17)18;/h1-4,14-15,17H,5-13H2,(H3,20,21,22);1H. The summed E-state index contributed by atoms with van der Waals surface area (Å²) in [6, 6.07) is 9.28. The Bertz CT molecular complexity index is 597. The van der Waals surface area contributed by atoms with Crippen LogP contribution in [0.5, 0.6) is 5.75 Å². The van der Waals surface area contributed by atoms with Gasteiger partial charge in [0, 0.05) is 24.6 Å². The Kier molecular flexibility index (Phi) is 6.44. The molecule has 0 aromatic heterocycles. The number of likely N-dealkylation sites (tertiary alicyclic amines) is 1. The maximum absolute atomic E-state index is 6.15. The van der Waals surface area contributed by atoms with Crippen LogP contribution in [0.25, 0.3) is 0 Å².